The lowest BCUT2D eigenvalue weighted by Crippen LogP contribution is -2.61. The maximum absolute atomic E-state index is 6.41. The molecule has 6 rings (SSSR count). The molecule has 26 heavy (non-hydrogen) atoms. The summed E-state index contributed by atoms with van der Waals surface area (Å²) in [4.78, 5) is 11.2. The molecule has 5 nitrogen and oxygen atoms in total. The Bertz CT molecular complexity index is 814. The van der Waals surface area contributed by atoms with E-state index in [1.807, 2.05) is 30.7 Å². The molecule has 2 bridgehead atoms. The highest BCUT2D eigenvalue weighted by atomic mass is 16.5. The molecule has 3 fully saturated rings. The third kappa shape index (κ3) is 2.86. The highest BCUT2D eigenvalue weighted by Gasteiger charge is 2.52. The SMILES string of the molecule is C(=Cc1ccncc1)CNc1cnc2c(c1)C[C@@]1(CN3CCC1CC3)O2. The molecule has 1 N–H and O–H groups in total. The summed E-state index contributed by atoms with van der Waals surface area (Å²) in [6, 6.07) is 6.21. The summed E-state index contributed by atoms with van der Waals surface area (Å²) in [6.07, 6.45) is 13.2. The van der Waals surface area contributed by atoms with Gasteiger partial charge in [0.2, 0.25) is 5.88 Å². The Morgan fingerprint density at radius 2 is 2.12 bits per heavy atom. The van der Waals surface area contributed by atoms with Crippen LogP contribution in [0.3, 0.4) is 0 Å². The molecule has 2 aromatic heterocycles. The van der Waals surface area contributed by atoms with Crippen molar-refractivity contribution in [2.24, 2.45) is 5.92 Å². The molecule has 6 heterocycles. The Labute approximate surface area is 154 Å². The molecule has 0 unspecified atom stereocenters. The van der Waals surface area contributed by atoms with Gasteiger partial charge in [-0.3, -0.25) is 9.88 Å². The Kier molecular flexibility index (Phi) is 3.89. The van der Waals surface area contributed by atoms with Crippen molar-refractivity contribution in [2.45, 2.75) is 24.9 Å². The van der Waals surface area contributed by atoms with Gasteiger partial charge in [-0.2, -0.15) is 0 Å². The molecule has 1 atom stereocenters. The summed E-state index contributed by atoms with van der Waals surface area (Å²) in [5, 5.41) is 3.44. The number of anilines is 1. The number of hydrogen-bond acceptors (Lipinski definition) is 5. The predicted octanol–water partition coefficient (Wildman–Crippen LogP) is 3.00. The molecule has 5 heteroatoms. The summed E-state index contributed by atoms with van der Waals surface area (Å²) < 4.78 is 6.41. The molecule has 134 valence electrons. The summed E-state index contributed by atoms with van der Waals surface area (Å²) in [6.45, 7) is 4.29. The smallest absolute Gasteiger partial charge is 0.217 e. The van der Waals surface area contributed by atoms with E-state index < -0.39 is 0 Å². The van der Waals surface area contributed by atoms with E-state index in [-0.39, 0.29) is 5.60 Å². The quantitative estimate of drug-likeness (QED) is 0.920. The molecule has 0 radical (unpaired) electrons. The zero-order chi connectivity index (χ0) is 17.4. The first kappa shape index (κ1) is 15.8. The van der Waals surface area contributed by atoms with Crippen LogP contribution in [0.2, 0.25) is 0 Å². The molecule has 0 aromatic carbocycles. The van der Waals surface area contributed by atoms with E-state index in [4.69, 9.17) is 4.74 Å². The second-order valence-electron chi connectivity index (χ2n) is 7.65. The van der Waals surface area contributed by atoms with Gasteiger partial charge >= 0.3 is 0 Å². The number of pyridine rings is 2. The topological polar surface area (TPSA) is 50.3 Å². The van der Waals surface area contributed by atoms with E-state index in [2.05, 4.69) is 38.4 Å². The lowest BCUT2D eigenvalue weighted by atomic mass is 9.73. The fourth-order valence-corrected chi connectivity index (χ4v) is 4.65. The first-order valence-corrected chi connectivity index (χ1v) is 9.51. The molecular weight excluding hydrogens is 324 g/mol. The zero-order valence-electron chi connectivity index (χ0n) is 14.9. The van der Waals surface area contributed by atoms with Crippen molar-refractivity contribution < 1.29 is 4.74 Å². The van der Waals surface area contributed by atoms with Gasteiger partial charge in [0, 0.05) is 43.4 Å². The van der Waals surface area contributed by atoms with Crippen LogP contribution >= 0.6 is 0 Å². The van der Waals surface area contributed by atoms with E-state index in [9.17, 15) is 0 Å². The lowest BCUT2D eigenvalue weighted by molar-refractivity contribution is -0.0814. The Morgan fingerprint density at radius 3 is 2.88 bits per heavy atom. The molecule has 0 amide bonds. The number of nitrogens with zero attached hydrogens (tertiary/aromatic N) is 3. The standard InChI is InChI=1S/C21H24N4O/c1(2-16-3-8-22-9-4-16)7-23-19-12-17-13-21(26-20(17)24-14-19)15-25-10-5-18(21)6-11-25/h1-4,8-9,12,14,18,23H,5-7,10-11,13,15H2/t21-/m0/s1. The van der Waals surface area contributed by atoms with Crippen LogP contribution in [0.15, 0.2) is 42.9 Å². The van der Waals surface area contributed by atoms with Crippen molar-refractivity contribution in [1.29, 1.82) is 0 Å². The third-order valence-electron chi connectivity index (χ3n) is 5.98. The molecule has 0 aliphatic carbocycles. The monoisotopic (exact) mass is 348 g/mol. The fourth-order valence-electron chi connectivity index (χ4n) is 4.65. The van der Waals surface area contributed by atoms with Gasteiger partial charge < -0.3 is 10.1 Å². The molecule has 0 saturated carbocycles. The molecular formula is C21H24N4O. The van der Waals surface area contributed by atoms with Gasteiger partial charge in [-0.05, 0) is 49.7 Å². The number of aromatic nitrogens is 2. The minimum Gasteiger partial charge on any atom is -0.469 e. The second kappa shape index (κ2) is 6.40. The van der Waals surface area contributed by atoms with Crippen molar-refractivity contribution in [3.05, 3.63) is 54.0 Å². The average molecular weight is 348 g/mol. The van der Waals surface area contributed by atoms with Gasteiger partial charge in [-0.1, -0.05) is 12.2 Å². The van der Waals surface area contributed by atoms with E-state index in [0.29, 0.717) is 5.92 Å². The number of ether oxygens (including phenoxy) is 1. The number of piperidine rings is 3. The van der Waals surface area contributed by atoms with Crippen LogP contribution in [0.5, 0.6) is 5.88 Å². The van der Waals surface area contributed by atoms with Gasteiger partial charge in [0.05, 0.1) is 11.9 Å². The van der Waals surface area contributed by atoms with Crippen molar-refractivity contribution in [1.82, 2.24) is 14.9 Å². The molecule has 2 aromatic rings. The Balaban J connectivity index is 1.24. The van der Waals surface area contributed by atoms with E-state index >= 15 is 0 Å². The Hall–Kier alpha value is -2.40. The minimum absolute atomic E-state index is 0.0221. The summed E-state index contributed by atoms with van der Waals surface area (Å²) in [5.41, 5.74) is 3.45. The maximum Gasteiger partial charge on any atom is 0.217 e. The van der Waals surface area contributed by atoms with Crippen LogP contribution in [-0.4, -0.2) is 46.6 Å². The summed E-state index contributed by atoms with van der Waals surface area (Å²) >= 11 is 0. The van der Waals surface area contributed by atoms with Gasteiger partial charge in [-0.25, -0.2) is 4.98 Å². The first-order chi connectivity index (χ1) is 12.8. The maximum atomic E-state index is 6.41. The van der Waals surface area contributed by atoms with Crippen LogP contribution in [0, 0.1) is 5.92 Å². The second-order valence-corrected chi connectivity index (χ2v) is 7.65. The minimum atomic E-state index is -0.0221. The number of rotatable bonds is 4. The molecule has 3 saturated heterocycles. The van der Waals surface area contributed by atoms with Crippen molar-refractivity contribution >= 4 is 11.8 Å². The first-order valence-electron chi connectivity index (χ1n) is 9.51. The largest absolute Gasteiger partial charge is 0.469 e. The highest BCUT2D eigenvalue weighted by Crippen LogP contribution is 2.46. The Morgan fingerprint density at radius 1 is 1.27 bits per heavy atom. The van der Waals surface area contributed by atoms with Crippen molar-refractivity contribution in [3.63, 3.8) is 0 Å². The number of hydrogen-bond donors (Lipinski definition) is 1. The van der Waals surface area contributed by atoms with Crippen LogP contribution in [0.4, 0.5) is 5.69 Å². The lowest BCUT2D eigenvalue weighted by Gasteiger charge is -2.50. The van der Waals surface area contributed by atoms with Crippen LogP contribution < -0.4 is 10.1 Å². The number of fused-ring (bicyclic) bond motifs is 3. The van der Waals surface area contributed by atoms with E-state index in [1.165, 1.54) is 31.5 Å². The van der Waals surface area contributed by atoms with Gasteiger partial charge in [0.1, 0.15) is 5.60 Å². The average Bonchev–Trinajstić information content (AvgIpc) is 3.03. The van der Waals surface area contributed by atoms with Crippen LogP contribution in [0.1, 0.15) is 24.0 Å². The molecule has 4 aliphatic heterocycles. The predicted molar refractivity (Wildman–Crippen MR) is 102 cm³/mol. The molecule has 1 spiro atoms. The number of nitrogens with one attached hydrogen (secondary N) is 1. The van der Waals surface area contributed by atoms with Crippen LogP contribution in [0.25, 0.3) is 6.08 Å². The van der Waals surface area contributed by atoms with Crippen molar-refractivity contribution in [3.8, 4) is 5.88 Å². The van der Waals surface area contributed by atoms with E-state index in [0.717, 1.165) is 36.6 Å². The summed E-state index contributed by atoms with van der Waals surface area (Å²) in [7, 11) is 0. The van der Waals surface area contributed by atoms with Gasteiger partial charge in [0.25, 0.3) is 0 Å². The van der Waals surface area contributed by atoms with Gasteiger partial charge in [-0.15, -0.1) is 0 Å². The third-order valence-corrected chi connectivity index (χ3v) is 5.98. The van der Waals surface area contributed by atoms with Crippen LogP contribution in [-0.2, 0) is 6.42 Å². The van der Waals surface area contributed by atoms with Gasteiger partial charge in [0.15, 0.2) is 0 Å². The molecule has 4 aliphatic rings. The fraction of sp³-hybridized carbons (Fsp3) is 0.429. The highest BCUT2D eigenvalue weighted by molar-refractivity contribution is 5.52. The normalized spacial score (nSPS) is 29.1. The van der Waals surface area contributed by atoms with Crippen molar-refractivity contribution in [2.75, 3.05) is 31.5 Å². The van der Waals surface area contributed by atoms with E-state index in [1.54, 1.807) is 0 Å². The summed E-state index contributed by atoms with van der Waals surface area (Å²) in [5.74, 6) is 1.53. The zero-order valence-corrected chi connectivity index (χ0v) is 14.9.